The maximum atomic E-state index is 12.4. The summed E-state index contributed by atoms with van der Waals surface area (Å²) in [6.07, 6.45) is 1.77. The summed E-state index contributed by atoms with van der Waals surface area (Å²) >= 11 is 0. The second-order valence-electron chi connectivity index (χ2n) is 3.81. The molecule has 0 aromatic heterocycles. The highest BCUT2D eigenvalue weighted by molar-refractivity contribution is 7.85. The van der Waals surface area contributed by atoms with Gasteiger partial charge in [-0.3, -0.25) is 0 Å². The van der Waals surface area contributed by atoms with Crippen LogP contribution in [-0.4, -0.2) is 4.21 Å². The first kappa shape index (κ1) is 10.3. The van der Waals surface area contributed by atoms with E-state index in [1.165, 1.54) is 0 Å². The van der Waals surface area contributed by atoms with Gasteiger partial charge in [0.05, 0.1) is 32.0 Å². The summed E-state index contributed by atoms with van der Waals surface area (Å²) in [5, 5.41) is 3.33. The molecule has 0 amide bonds. The number of anilines is 2. The number of fused-ring (bicyclic) bond motifs is 2. The number of nitrogens with one attached hydrogen (secondary N) is 1. The molecule has 0 spiro atoms. The molecule has 0 bridgehead atoms. The molecule has 0 fully saturated rings. The first-order valence-electron chi connectivity index (χ1n) is 5.34. The van der Waals surface area contributed by atoms with Crippen LogP contribution < -0.4 is 5.32 Å². The maximum absolute atomic E-state index is 12.4. The Kier molecular flexibility index (Phi) is 2.34. The SMILES string of the molecule is C=Cc1cccc2c1Nc1ccccc1S2=O. The van der Waals surface area contributed by atoms with Gasteiger partial charge < -0.3 is 5.32 Å². The predicted molar refractivity (Wildman–Crippen MR) is 70.9 cm³/mol. The lowest BCUT2D eigenvalue weighted by Crippen LogP contribution is -2.09. The lowest BCUT2D eigenvalue weighted by molar-refractivity contribution is 0.683. The third-order valence-electron chi connectivity index (χ3n) is 2.82. The van der Waals surface area contributed by atoms with Gasteiger partial charge in [-0.1, -0.05) is 36.9 Å². The van der Waals surface area contributed by atoms with Crippen molar-refractivity contribution in [3.05, 3.63) is 54.6 Å². The fourth-order valence-corrected chi connectivity index (χ4v) is 3.31. The highest BCUT2D eigenvalue weighted by Crippen LogP contribution is 2.38. The molecule has 0 aliphatic carbocycles. The summed E-state index contributed by atoms with van der Waals surface area (Å²) in [6, 6.07) is 13.4. The Bertz CT molecular complexity index is 634. The lowest BCUT2D eigenvalue weighted by Gasteiger charge is -2.22. The summed E-state index contributed by atoms with van der Waals surface area (Å²) in [5.41, 5.74) is 2.79. The molecule has 3 rings (SSSR count). The minimum absolute atomic E-state index is 0.820. The predicted octanol–water partition coefficient (Wildman–Crippen LogP) is 3.55. The minimum atomic E-state index is -1.11. The Balaban J connectivity index is 2.26. The molecule has 1 heterocycles. The van der Waals surface area contributed by atoms with Crippen molar-refractivity contribution >= 4 is 28.3 Å². The minimum Gasteiger partial charge on any atom is -0.353 e. The van der Waals surface area contributed by atoms with Crippen molar-refractivity contribution < 1.29 is 4.21 Å². The molecule has 17 heavy (non-hydrogen) atoms. The number of benzene rings is 2. The van der Waals surface area contributed by atoms with E-state index in [9.17, 15) is 4.21 Å². The van der Waals surface area contributed by atoms with E-state index in [0.717, 1.165) is 26.7 Å². The second kappa shape index (κ2) is 3.86. The Morgan fingerprint density at radius 3 is 2.65 bits per heavy atom. The second-order valence-corrected chi connectivity index (χ2v) is 5.23. The quantitative estimate of drug-likeness (QED) is 0.706. The third kappa shape index (κ3) is 1.51. The molecule has 0 radical (unpaired) electrons. The van der Waals surface area contributed by atoms with E-state index < -0.39 is 10.8 Å². The van der Waals surface area contributed by atoms with E-state index in [4.69, 9.17) is 0 Å². The van der Waals surface area contributed by atoms with Crippen molar-refractivity contribution in [3.63, 3.8) is 0 Å². The van der Waals surface area contributed by atoms with Crippen LogP contribution in [0.1, 0.15) is 5.56 Å². The molecule has 1 N–H and O–H groups in total. The molecule has 1 unspecified atom stereocenters. The Morgan fingerprint density at radius 1 is 1.06 bits per heavy atom. The average Bonchev–Trinajstić information content (AvgIpc) is 2.38. The average molecular weight is 241 g/mol. The summed E-state index contributed by atoms with van der Waals surface area (Å²) in [4.78, 5) is 1.65. The third-order valence-corrected chi connectivity index (χ3v) is 4.32. The molecule has 1 atom stereocenters. The van der Waals surface area contributed by atoms with Crippen LogP contribution in [0.5, 0.6) is 0 Å². The molecular weight excluding hydrogens is 230 g/mol. The summed E-state index contributed by atoms with van der Waals surface area (Å²) in [7, 11) is -1.11. The van der Waals surface area contributed by atoms with Gasteiger partial charge in [0.25, 0.3) is 0 Å². The van der Waals surface area contributed by atoms with Crippen molar-refractivity contribution in [1.29, 1.82) is 0 Å². The number of hydrogen-bond donors (Lipinski definition) is 1. The van der Waals surface area contributed by atoms with Gasteiger partial charge in [-0.2, -0.15) is 0 Å². The molecule has 84 valence electrons. The normalized spacial score (nSPS) is 16.6. The van der Waals surface area contributed by atoms with Crippen molar-refractivity contribution in [1.82, 2.24) is 0 Å². The molecule has 0 saturated heterocycles. The van der Waals surface area contributed by atoms with E-state index in [1.54, 1.807) is 6.08 Å². The summed E-state index contributed by atoms with van der Waals surface area (Å²) in [5.74, 6) is 0. The van der Waals surface area contributed by atoms with Crippen LogP contribution in [-0.2, 0) is 10.8 Å². The molecule has 1 aliphatic heterocycles. The van der Waals surface area contributed by atoms with Crippen LogP contribution in [0.15, 0.2) is 58.8 Å². The van der Waals surface area contributed by atoms with Crippen LogP contribution in [0.2, 0.25) is 0 Å². The molecule has 2 aromatic carbocycles. The summed E-state index contributed by atoms with van der Waals surface area (Å²) in [6.45, 7) is 3.78. The fraction of sp³-hybridized carbons (Fsp3) is 0. The fourth-order valence-electron chi connectivity index (χ4n) is 1.99. The molecule has 2 aromatic rings. The van der Waals surface area contributed by atoms with Crippen molar-refractivity contribution in [3.8, 4) is 0 Å². The summed E-state index contributed by atoms with van der Waals surface area (Å²) < 4.78 is 12.4. The Morgan fingerprint density at radius 2 is 1.82 bits per heavy atom. The van der Waals surface area contributed by atoms with E-state index in [2.05, 4.69) is 11.9 Å². The van der Waals surface area contributed by atoms with Crippen molar-refractivity contribution in [2.24, 2.45) is 0 Å². The first-order chi connectivity index (χ1) is 8.31. The number of rotatable bonds is 1. The largest absolute Gasteiger partial charge is 0.353 e. The van der Waals surface area contributed by atoms with Gasteiger partial charge in [0, 0.05) is 0 Å². The van der Waals surface area contributed by atoms with Crippen LogP contribution in [0.25, 0.3) is 6.08 Å². The lowest BCUT2D eigenvalue weighted by atomic mass is 10.1. The van der Waals surface area contributed by atoms with Gasteiger partial charge in [0.15, 0.2) is 0 Å². The highest BCUT2D eigenvalue weighted by atomic mass is 32.2. The Labute approximate surface area is 102 Å². The molecule has 3 heteroatoms. The van der Waals surface area contributed by atoms with Gasteiger partial charge in [0.1, 0.15) is 0 Å². The van der Waals surface area contributed by atoms with Gasteiger partial charge in [-0.05, 0) is 23.8 Å². The molecule has 2 nitrogen and oxygen atoms in total. The van der Waals surface area contributed by atoms with Crippen molar-refractivity contribution in [2.75, 3.05) is 5.32 Å². The zero-order valence-electron chi connectivity index (χ0n) is 9.14. The zero-order chi connectivity index (χ0) is 11.8. The van der Waals surface area contributed by atoms with Gasteiger partial charge in [-0.25, -0.2) is 4.21 Å². The Hall–Kier alpha value is -1.87. The van der Waals surface area contributed by atoms with Gasteiger partial charge >= 0.3 is 0 Å². The zero-order valence-corrected chi connectivity index (χ0v) is 9.96. The monoisotopic (exact) mass is 241 g/mol. The number of hydrogen-bond acceptors (Lipinski definition) is 2. The van der Waals surface area contributed by atoms with E-state index in [-0.39, 0.29) is 0 Å². The standard InChI is InChI=1S/C14H11NOS/c1-2-10-6-5-9-13-14(10)15-11-7-3-4-8-12(11)17(13)16/h2-9,15H,1H2. The molecule has 0 saturated carbocycles. The van der Waals surface area contributed by atoms with E-state index >= 15 is 0 Å². The van der Waals surface area contributed by atoms with Crippen LogP contribution in [0.4, 0.5) is 11.4 Å². The van der Waals surface area contributed by atoms with Gasteiger partial charge in [-0.15, -0.1) is 0 Å². The first-order valence-corrected chi connectivity index (χ1v) is 6.49. The van der Waals surface area contributed by atoms with E-state index in [0.29, 0.717) is 0 Å². The van der Waals surface area contributed by atoms with Crippen molar-refractivity contribution in [2.45, 2.75) is 9.79 Å². The molecular formula is C14H11NOS. The highest BCUT2D eigenvalue weighted by Gasteiger charge is 2.22. The van der Waals surface area contributed by atoms with Crippen LogP contribution in [0, 0.1) is 0 Å². The number of para-hydroxylation sites is 2. The van der Waals surface area contributed by atoms with Crippen LogP contribution >= 0.6 is 0 Å². The van der Waals surface area contributed by atoms with Crippen LogP contribution in [0.3, 0.4) is 0 Å². The molecule has 1 aliphatic rings. The smallest absolute Gasteiger partial charge is 0.0892 e. The maximum Gasteiger partial charge on any atom is 0.0892 e. The topological polar surface area (TPSA) is 29.1 Å². The van der Waals surface area contributed by atoms with E-state index in [1.807, 2.05) is 42.5 Å². The van der Waals surface area contributed by atoms with Gasteiger partial charge in [0.2, 0.25) is 0 Å².